The second kappa shape index (κ2) is 4.62. The molecule has 1 unspecified atom stereocenters. The number of aliphatic hydroxyl groups is 1. The Morgan fingerprint density at radius 1 is 1.00 bits per heavy atom. The summed E-state index contributed by atoms with van der Waals surface area (Å²) in [5.74, 6) is 0.715. The second-order valence-electron chi connectivity index (χ2n) is 4.94. The van der Waals surface area contributed by atoms with Gasteiger partial charge in [0.05, 0.1) is 5.70 Å². The highest BCUT2D eigenvalue weighted by atomic mass is 16.3. The van der Waals surface area contributed by atoms with Crippen molar-refractivity contribution in [3.05, 3.63) is 78.5 Å². The van der Waals surface area contributed by atoms with Crippen LogP contribution >= 0.6 is 0 Å². The molecule has 2 aromatic carbocycles. The standard InChI is InChI=1S/C17H16N2O/c1-13-17(2,20)19(15-11-7-4-8-12-15)16(18-13)14-9-5-3-6-10-14/h3-12,20H,1H2,2H3. The van der Waals surface area contributed by atoms with Crippen molar-refractivity contribution in [1.29, 1.82) is 0 Å². The van der Waals surface area contributed by atoms with Gasteiger partial charge >= 0.3 is 0 Å². The summed E-state index contributed by atoms with van der Waals surface area (Å²) in [7, 11) is 0. The topological polar surface area (TPSA) is 35.8 Å². The minimum absolute atomic E-state index is 0.445. The molecule has 2 aromatic rings. The van der Waals surface area contributed by atoms with E-state index in [0.29, 0.717) is 11.5 Å². The van der Waals surface area contributed by atoms with Gasteiger partial charge in [0.1, 0.15) is 5.84 Å². The molecule has 20 heavy (non-hydrogen) atoms. The van der Waals surface area contributed by atoms with E-state index in [4.69, 9.17) is 0 Å². The fraction of sp³-hybridized carbons (Fsp3) is 0.118. The first-order valence-corrected chi connectivity index (χ1v) is 6.52. The number of rotatable bonds is 2. The lowest BCUT2D eigenvalue weighted by molar-refractivity contribution is 0.114. The minimum atomic E-state index is -1.22. The highest BCUT2D eigenvalue weighted by Gasteiger charge is 2.41. The molecule has 1 heterocycles. The number of amidine groups is 1. The van der Waals surface area contributed by atoms with Crippen LogP contribution in [0.15, 0.2) is 77.9 Å². The monoisotopic (exact) mass is 264 g/mol. The van der Waals surface area contributed by atoms with Crippen LogP contribution in [0.1, 0.15) is 12.5 Å². The van der Waals surface area contributed by atoms with E-state index in [2.05, 4.69) is 11.6 Å². The van der Waals surface area contributed by atoms with Gasteiger partial charge in [-0.1, -0.05) is 55.1 Å². The van der Waals surface area contributed by atoms with Gasteiger partial charge in [-0.3, -0.25) is 4.90 Å². The number of hydrogen-bond donors (Lipinski definition) is 1. The van der Waals surface area contributed by atoms with Crippen molar-refractivity contribution in [3.63, 3.8) is 0 Å². The fourth-order valence-corrected chi connectivity index (χ4v) is 2.35. The van der Waals surface area contributed by atoms with Gasteiger partial charge in [0, 0.05) is 11.3 Å². The lowest BCUT2D eigenvalue weighted by Crippen LogP contribution is -2.46. The van der Waals surface area contributed by atoms with E-state index in [9.17, 15) is 5.11 Å². The fourth-order valence-electron chi connectivity index (χ4n) is 2.35. The highest BCUT2D eigenvalue weighted by Crippen LogP contribution is 2.35. The zero-order valence-corrected chi connectivity index (χ0v) is 11.3. The maximum absolute atomic E-state index is 10.7. The second-order valence-corrected chi connectivity index (χ2v) is 4.94. The van der Waals surface area contributed by atoms with Crippen molar-refractivity contribution in [2.75, 3.05) is 4.90 Å². The molecule has 1 aliphatic heterocycles. The van der Waals surface area contributed by atoms with Crippen molar-refractivity contribution in [1.82, 2.24) is 0 Å². The smallest absolute Gasteiger partial charge is 0.183 e. The van der Waals surface area contributed by atoms with Gasteiger partial charge in [0.2, 0.25) is 0 Å². The SMILES string of the molecule is C=C1N=C(c2ccccc2)N(c2ccccc2)C1(C)O. The van der Waals surface area contributed by atoms with Crippen LogP contribution in [0.3, 0.4) is 0 Å². The summed E-state index contributed by atoms with van der Waals surface area (Å²) in [5, 5.41) is 10.7. The average Bonchev–Trinajstić information content (AvgIpc) is 2.71. The third-order valence-corrected chi connectivity index (χ3v) is 3.48. The number of aliphatic imine (C=N–C) groups is 1. The quantitative estimate of drug-likeness (QED) is 0.904. The molecule has 1 atom stereocenters. The average molecular weight is 264 g/mol. The third-order valence-electron chi connectivity index (χ3n) is 3.48. The zero-order chi connectivity index (χ0) is 14.2. The summed E-state index contributed by atoms with van der Waals surface area (Å²) in [6.07, 6.45) is 0. The summed E-state index contributed by atoms with van der Waals surface area (Å²) < 4.78 is 0. The summed E-state index contributed by atoms with van der Waals surface area (Å²) in [6, 6.07) is 19.5. The molecule has 0 bridgehead atoms. The molecule has 1 N–H and O–H groups in total. The highest BCUT2D eigenvalue weighted by molar-refractivity contribution is 6.13. The molecule has 0 amide bonds. The lowest BCUT2D eigenvalue weighted by Gasteiger charge is -2.33. The maximum atomic E-state index is 10.7. The van der Waals surface area contributed by atoms with Crippen LogP contribution in [0.2, 0.25) is 0 Å². The molecular formula is C17H16N2O. The van der Waals surface area contributed by atoms with Gasteiger partial charge in [-0.15, -0.1) is 0 Å². The number of hydrogen-bond acceptors (Lipinski definition) is 3. The number of nitrogens with zero attached hydrogens (tertiary/aromatic N) is 2. The molecule has 0 fully saturated rings. The molecule has 0 aliphatic carbocycles. The third kappa shape index (κ3) is 1.92. The van der Waals surface area contributed by atoms with Crippen LogP contribution in [0.5, 0.6) is 0 Å². The molecule has 0 saturated heterocycles. The van der Waals surface area contributed by atoms with Gasteiger partial charge in [-0.2, -0.15) is 0 Å². The number of anilines is 1. The van der Waals surface area contributed by atoms with Crippen LogP contribution in [0.25, 0.3) is 0 Å². The first-order valence-electron chi connectivity index (χ1n) is 6.52. The van der Waals surface area contributed by atoms with E-state index in [-0.39, 0.29) is 0 Å². The first kappa shape index (κ1) is 12.6. The Bertz CT molecular complexity index is 660. The molecule has 3 heteroatoms. The van der Waals surface area contributed by atoms with Crippen LogP contribution in [0, 0.1) is 0 Å². The molecule has 100 valence electrons. The van der Waals surface area contributed by atoms with Crippen molar-refractivity contribution in [3.8, 4) is 0 Å². The van der Waals surface area contributed by atoms with Crippen molar-refractivity contribution >= 4 is 11.5 Å². The normalized spacial score (nSPS) is 22.0. The summed E-state index contributed by atoms with van der Waals surface area (Å²) in [6.45, 7) is 5.59. The van der Waals surface area contributed by atoms with E-state index < -0.39 is 5.72 Å². The van der Waals surface area contributed by atoms with Crippen LogP contribution in [-0.2, 0) is 0 Å². The van der Waals surface area contributed by atoms with Gasteiger partial charge in [-0.05, 0) is 19.1 Å². The molecule has 1 aliphatic rings. The van der Waals surface area contributed by atoms with Crippen LogP contribution in [0.4, 0.5) is 5.69 Å². The van der Waals surface area contributed by atoms with Gasteiger partial charge in [0.15, 0.2) is 5.72 Å². The molecule has 3 rings (SSSR count). The molecule has 0 aromatic heterocycles. The number of para-hydroxylation sites is 1. The van der Waals surface area contributed by atoms with Crippen molar-refractivity contribution in [2.45, 2.75) is 12.6 Å². The first-order chi connectivity index (χ1) is 9.60. The largest absolute Gasteiger partial charge is 0.365 e. The maximum Gasteiger partial charge on any atom is 0.183 e. The Morgan fingerprint density at radius 2 is 1.55 bits per heavy atom. The van der Waals surface area contributed by atoms with Crippen LogP contribution in [-0.4, -0.2) is 16.7 Å². The van der Waals surface area contributed by atoms with E-state index in [1.165, 1.54) is 0 Å². The lowest BCUT2D eigenvalue weighted by atomic mass is 10.1. The summed E-state index contributed by atoms with van der Waals surface area (Å²) in [4.78, 5) is 6.28. The van der Waals surface area contributed by atoms with E-state index in [1.807, 2.05) is 65.6 Å². The van der Waals surface area contributed by atoms with E-state index >= 15 is 0 Å². The van der Waals surface area contributed by atoms with Gasteiger partial charge < -0.3 is 5.11 Å². The Labute approximate surface area is 118 Å². The molecule has 3 nitrogen and oxygen atoms in total. The number of benzene rings is 2. The minimum Gasteiger partial charge on any atom is -0.365 e. The Balaban J connectivity index is 2.13. The Morgan fingerprint density at radius 3 is 2.15 bits per heavy atom. The Kier molecular flexibility index (Phi) is 2.92. The van der Waals surface area contributed by atoms with Gasteiger partial charge in [-0.25, -0.2) is 4.99 Å². The molecular weight excluding hydrogens is 248 g/mol. The van der Waals surface area contributed by atoms with Crippen molar-refractivity contribution < 1.29 is 5.11 Å². The summed E-state index contributed by atoms with van der Waals surface area (Å²) in [5.41, 5.74) is 1.07. The predicted octanol–water partition coefficient (Wildman–Crippen LogP) is 3.18. The molecule has 0 radical (unpaired) electrons. The van der Waals surface area contributed by atoms with E-state index in [0.717, 1.165) is 11.3 Å². The van der Waals surface area contributed by atoms with Crippen molar-refractivity contribution in [2.24, 2.45) is 4.99 Å². The zero-order valence-electron chi connectivity index (χ0n) is 11.3. The summed E-state index contributed by atoms with van der Waals surface area (Å²) >= 11 is 0. The molecule has 0 saturated carbocycles. The van der Waals surface area contributed by atoms with E-state index in [1.54, 1.807) is 6.92 Å². The van der Waals surface area contributed by atoms with Gasteiger partial charge in [0.25, 0.3) is 0 Å². The predicted molar refractivity (Wildman–Crippen MR) is 81.7 cm³/mol. The molecule has 0 spiro atoms. The Hall–Kier alpha value is -2.39. The van der Waals surface area contributed by atoms with Crippen LogP contribution < -0.4 is 4.90 Å².